The fourth-order valence-electron chi connectivity index (χ4n) is 0.891. The van der Waals surface area contributed by atoms with Gasteiger partial charge >= 0.3 is 29.0 Å². The number of hydrogen-bond acceptors (Lipinski definition) is 10. The predicted octanol–water partition coefficient (Wildman–Crippen LogP) is -4.18. The number of ether oxygens (including phenoxy) is 1. The number of carbonyl (C=O) groups excluding carboxylic acids is 2. The van der Waals surface area contributed by atoms with Crippen LogP contribution in [0.2, 0.25) is 0 Å². The Kier molecular flexibility index (Phi) is 10.9. The summed E-state index contributed by atoms with van der Waals surface area (Å²) in [7, 11) is 0. The smallest absolute Gasteiger partial charge is 0.791 e. The molecule has 0 fully saturated rings. The zero-order valence-electron chi connectivity index (χ0n) is 10.3. The molecule has 0 amide bonds. The van der Waals surface area contributed by atoms with Crippen LogP contribution in [0.4, 0.5) is 0 Å². The molecule has 11 heteroatoms. The van der Waals surface area contributed by atoms with Crippen LogP contribution in [-0.2, 0) is 27.0 Å². The van der Waals surface area contributed by atoms with Gasteiger partial charge < -0.3 is 53.4 Å². The molecule has 1 aliphatic heterocycles. The van der Waals surface area contributed by atoms with Crippen LogP contribution < -0.4 is 10.8 Å². The van der Waals surface area contributed by atoms with Crippen LogP contribution in [0.1, 0.15) is 0 Å². The molecular weight excluding hydrogens is 306 g/mol. The standard InChI is InChI=1S/C6H8O6.C3H7NO2S.Mg/c7-1-2(8)5-3(9)4(10)6(11)12-5;4-2(1-7)3(5)6;/h2,5,7-10H,1H2;2,7H,1,4H2,(H,5,6);/q;;+2/p-2. The Morgan fingerprint density at radius 3 is 2.20 bits per heavy atom. The first-order valence-electron chi connectivity index (χ1n) is 4.92. The van der Waals surface area contributed by atoms with E-state index in [1.807, 2.05) is 0 Å². The van der Waals surface area contributed by atoms with E-state index in [1.54, 1.807) is 0 Å². The van der Waals surface area contributed by atoms with Gasteiger partial charge in [0.05, 0.1) is 12.6 Å². The number of cyclic esters (lactones) is 1. The third-order valence-electron chi connectivity index (χ3n) is 1.96. The molecule has 0 saturated carbocycles. The van der Waals surface area contributed by atoms with E-state index in [2.05, 4.69) is 17.4 Å². The van der Waals surface area contributed by atoms with Gasteiger partial charge in [-0.05, 0) is 0 Å². The third-order valence-corrected chi connectivity index (χ3v) is 2.32. The number of hydrogen-bond donors (Lipinski definition) is 5. The Hall–Kier alpha value is -0.724. The number of rotatable bonds is 4. The molecule has 1 heterocycles. The van der Waals surface area contributed by atoms with E-state index >= 15 is 0 Å². The molecule has 0 aromatic carbocycles. The van der Waals surface area contributed by atoms with Crippen LogP contribution in [0.5, 0.6) is 0 Å². The molecule has 110 valence electrons. The Morgan fingerprint density at radius 1 is 1.50 bits per heavy atom. The third kappa shape index (κ3) is 6.15. The first kappa shape index (κ1) is 21.6. The van der Waals surface area contributed by atoms with Crippen molar-refractivity contribution in [2.75, 3.05) is 12.4 Å². The maximum Gasteiger partial charge on any atom is 2.00 e. The van der Waals surface area contributed by atoms with Crippen LogP contribution in [0.15, 0.2) is 11.5 Å². The fraction of sp³-hybridized carbons (Fsp3) is 0.556. The second-order valence-electron chi connectivity index (χ2n) is 3.40. The number of nitrogens with two attached hydrogens (primary N) is 1. The summed E-state index contributed by atoms with van der Waals surface area (Å²) in [5.41, 5.74) is 4.85. The fourth-order valence-corrected chi connectivity index (χ4v) is 1.03. The average Bonchev–Trinajstić information content (AvgIpc) is 2.65. The minimum atomic E-state index is -1.42. The minimum absolute atomic E-state index is 0. The molecule has 0 saturated heterocycles. The Labute approximate surface area is 135 Å². The van der Waals surface area contributed by atoms with E-state index in [4.69, 9.17) is 26.2 Å². The van der Waals surface area contributed by atoms with Crippen molar-refractivity contribution in [1.82, 2.24) is 0 Å². The Bertz CT molecular complexity index is 377. The number of aliphatic hydroxyl groups excluding tert-OH is 4. The summed E-state index contributed by atoms with van der Waals surface area (Å²) < 4.78 is 4.32. The van der Waals surface area contributed by atoms with Crippen molar-refractivity contribution in [3.63, 3.8) is 0 Å². The number of carboxylic acids is 1. The number of aliphatic hydroxyl groups is 4. The van der Waals surface area contributed by atoms with Crippen LogP contribution in [0.3, 0.4) is 0 Å². The van der Waals surface area contributed by atoms with Gasteiger partial charge in [-0.1, -0.05) is 0 Å². The minimum Gasteiger partial charge on any atom is -0.791 e. The Morgan fingerprint density at radius 2 is 2.00 bits per heavy atom. The van der Waals surface area contributed by atoms with Crippen molar-refractivity contribution >= 4 is 47.6 Å². The van der Waals surface area contributed by atoms with Crippen molar-refractivity contribution in [1.29, 1.82) is 0 Å². The van der Waals surface area contributed by atoms with Crippen LogP contribution >= 0.6 is 0 Å². The molecule has 3 atom stereocenters. The maximum atomic E-state index is 10.5. The molecule has 0 bridgehead atoms. The van der Waals surface area contributed by atoms with Gasteiger partial charge in [0.15, 0.2) is 11.9 Å². The van der Waals surface area contributed by atoms with Gasteiger partial charge in [0.2, 0.25) is 5.76 Å². The first-order valence-corrected chi connectivity index (χ1v) is 5.50. The van der Waals surface area contributed by atoms with Gasteiger partial charge in [-0.2, -0.15) is 5.75 Å². The average molecular weight is 320 g/mol. The number of esters is 1. The van der Waals surface area contributed by atoms with E-state index in [1.165, 1.54) is 0 Å². The second-order valence-corrected chi connectivity index (χ2v) is 3.74. The van der Waals surface area contributed by atoms with Crippen molar-refractivity contribution < 1.29 is 39.9 Å². The molecular formula is C9H13MgNO8S. The SMILES string of the molecule is NC(C[S-])C(=O)[O-].O=C1OC(C(O)CO)C(O)=C1O.[Mg+2]. The predicted molar refractivity (Wildman–Crippen MR) is 66.2 cm³/mol. The van der Waals surface area contributed by atoms with E-state index < -0.39 is 48.3 Å². The quantitative estimate of drug-likeness (QED) is 0.194. The van der Waals surface area contributed by atoms with Crippen molar-refractivity contribution in [3.8, 4) is 0 Å². The summed E-state index contributed by atoms with van der Waals surface area (Å²) >= 11 is 4.31. The molecule has 0 spiro atoms. The van der Waals surface area contributed by atoms with Crippen LogP contribution in [0, 0.1) is 0 Å². The molecule has 0 aliphatic carbocycles. The molecule has 0 radical (unpaired) electrons. The van der Waals surface area contributed by atoms with Gasteiger partial charge in [0.1, 0.15) is 6.10 Å². The maximum absolute atomic E-state index is 10.5. The molecule has 0 aromatic heterocycles. The number of carbonyl (C=O) groups is 2. The van der Waals surface area contributed by atoms with E-state index in [-0.39, 0.29) is 28.8 Å². The van der Waals surface area contributed by atoms with Crippen molar-refractivity contribution in [2.45, 2.75) is 18.2 Å². The van der Waals surface area contributed by atoms with E-state index in [9.17, 15) is 14.7 Å². The summed E-state index contributed by atoms with van der Waals surface area (Å²) in [4.78, 5) is 20.2. The van der Waals surface area contributed by atoms with Crippen molar-refractivity contribution in [3.05, 3.63) is 11.5 Å². The topological polar surface area (TPSA) is 173 Å². The summed E-state index contributed by atoms with van der Waals surface area (Å²) in [5.74, 6) is -4.04. The summed E-state index contributed by atoms with van der Waals surface area (Å²) in [5, 5.41) is 44.7. The van der Waals surface area contributed by atoms with Gasteiger partial charge in [0, 0.05) is 6.04 Å². The van der Waals surface area contributed by atoms with Crippen molar-refractivity contribution in [2.24, 2.45) is 5.73 Å². The van der Waals surface area contributed by atoms with Gasteiger partial charge in [-0.25, -0.2) is 4.79 Å². The molecule has 1 rings (SSSR count). The summed E-state index contributed by atoms with van der Waals surface area (Å²) in [6, 6.07) is -0.977. The number of aliphatic carboxylic acids is 1. The van der Waals surface area contributed by atoms with E-state index in [0.29, 0.717) is 0 Å². The van der Waals surface area contributed by atoms with Crippen LogP contribution in [-0.4, -0.2) is 86.0 Å². The van der Waals surface area contributed by atoms with Gasteiger partial charge in [-0.3, -0.25) is 0 Å². The number of carboxylic acid groups (broad SMARTS) is 1. The summed E-state index contributed by atoms with van der Waals surface area (Å²) in [6.45, 7) is -0.671. The van der Waals surface area contributed by atoms with Gasteiger partial charge in [-0.15, -0.1) is 0 Å². The molecule has 20 heavy (non-hydrogen) atoms. The monoisotopic (exact) mass is 319 g/mol. The second kappa shape index (κ2) is 10.1. The molecule has 1 aliphatic rings. The van der Waals surface area contributed by atoms with Crippen LogP contribution in [0.25, 0.3) is 0 Å². The zero-order valence-corrected chi connectivity index (χ0v) is 12.5. The molecule has 6 N–H and O–H groups in total. The Balaban J connectivity index is 0. The van der Waals surface area contributed by atoms with Gasteiger partial charge in [0.25, 0.3) is 0 Å². The first-order chi connectivity index (χ1) is 8.76. The molecule has 0 aromatic rings. The molecule has 3 unspecified atom stereocenters. The molecule has 9 nitrogen and oxygen atoms in total. The normalized spacial score (nSPS) is 20.2. The summed E-state index contributed by atoms with van der Waals surface area (Å²) in [6.07, 6.45) is -2.78. The van der Waals surface area contributed by atoms with E-state index in [0.717, 1.165) is 0 Å². The largest absolute Gasteiger partial charge is 2.00 e. The zero-order chi connectivity index (χ0) is 15.2.